The van der Waals surface area contributed by atoms with E-state index in [-0.39, 0.29) is 0 Å². The van der Waals surface area contributed by atoms with Crippen molar-refractivity contribution in [2.24, 2.45) is 0 Å². The molecule has 19 heavy (non-hydrogen) atoms. The summed E-state index contributed by atoms with van der Waals surface area (Å²) in [7, 11) is 1.59. The molecule has 0 unspecified atom stereocenters. The van der Waals surface area contributed by atoms with Crippen LogP contribution in [-0.2, 0) is 6.61 Å². The quantitative estimate of drug-likeness (QED) is 0.886. The first-order chi connectivity index (χ1) is 9.10. The first-order valence-electron chi connectivity index (χ1n) is 5.82. The Morgan fingerprint density at radius 3 is 2.68 bits per heavy atom. The van der Waals surface area contributed by atoms with E-state index in [0.29, 0.717) is 18.1 Å². The van der Waals surface area contributed by atoms with Gasteiger partial charge in [0.05, 0.1) is 13.2 Å². The van der Waals surface area contributed by atoms with E-state index in [1.54, 1.807) is 31.4 Å². The second-order valence-electron chi connectivity index (χ2n) is 4.11. The molecule has 0 radical (unpaired) electrons. The van der Waals surface area contributed by atoms with Crippen molar-refractivity contribution in [3.8, 4) is 11.5 Å². The summed E-state index contributed by atoms with van der Waals surface area (Å²) < 4.78 is 12.1. The van der Waals surface area contributed by atoms with Gasteiger partial charge in [-0.05, 0) is 46.6 Å². The molecule has 0 aliphatic carbocycles. The van der Waals surface area contributed by atoms with Gasteiger partial charge in [-0.2, -0.15) is 0 Å². The fourth-order valence-corrected chi connectivity index (χ4v) is 3.00. The van der Waals surface area contributed by atoms with Crippen molar-refractivity contribution in [3.05, 3.63) is 44.6 Å². The van der Waals surface area contributed by atoms with Crippen LogP contribution < -0.4 is 9.47 Å². The Kier molecular flexibility index (Phi) is 4.85. The molecule has 1 N–H and O–H groups in total. The van der Waals surface area contributed by atoms with Crippen LogP contribution in [-0.4, -0.2) is 12.2 Å². The number of halogens is 1. The molecule has 102 valence electrons. The number of aliphatic hydroxyl groups is 1. The number of benzene rings is 1. The average Bonchev–Trinajstić information content (AvgIpc) is 2.81. The highest BCUT2D eigenvalue weighted by atomic mass is 79.9. The molecule has 0 aliphatic rings. The van der Waals surface area contributed by atoms with Gasteiger partial charge in [0.2, 0.25) is 0 Å². The van der Waals surface area contributed by atoms with Gasteiger partial charge in [-0.3, -0.25) is 0 Å². The van der Waals surface area contributed by atoms with Crippen LogP contribution in [0, 0.1) is 0 Å². The zero-order chi connectivity index (χ0) is 13.8. The van der Waals surface area contributed by atoms with E-state index in [2.05, 4.69) is 15.9 Å². The molecule has 2 rings (SSSR count). The van der Waals surface area contributed by atoms with Crippen molar-refractivity contribution in [3.63, 3.8) is 0 Å². The lowest BCUT2D eigenvalue weighted by Gasteiger charge is -2.12. The molecule has 0 bridgehead atoms. The number of hydrogen-bond donors (Lipinski definition) is 1. The summed E-state index contributed by atoms with van der Waals surface area (Å²) in [6, 6.07) is 7.49. The summed E-state index contributed by atoms with van der Waals surface area (Å²) in [6.07, 6.45) is -0.517. The fourth-order valence-electron chi connectivity index (χ4n) is 1.64. The molecule has 0 fully saturated rings. The molecular weight excluding hydrogens is 328 g/mol. The number of ether oxygens (including phenoxy) is 2. The summed E-state index contributed by atoms with van der Waals surface area (Å²) >= 11 is 5.05. The molecule has 3 nitrogen and oxygen atoms in total. The van der Waals surface area contributed by atoms with E-state index in [0.717, 1.165) is 14.9 Å². The average molecular weight is 343 g/mol. The van der Waals surface area contributed by atoms with Crippen molar-refractivity contribution in [2.45, 2.75) is 19.6 Å². The second-order valence-corrected chi connectivity index (χ2v) is 6.02. The Morgan fingerprint density at radius 2 is 2.11 bits per heavy atom. The monoisotopic (exact) mass is 342 g/mol. The predicted molar refractivity (Wildman–Crippen MR) is 80.0 cm³/mol. The molecule has 0 spiro atoms. The smallest absolute Gasteiger partial charge is 0.161 e. The predicted octanol–water partition coefficient (Wildman–Crippen LogP) is 4.15. The molecule has 1 heterocycles. The van der Waals surface area contributed by atoms with Gasteiger partial charge in [0.25, 0.3) is 0 Å². The SMILES string of the molecule is COc1cc([C@@H](C)O)ccc1OCc1cc(Br)cs1. The number of methoxy groups -OCH3 is 1. The molecule has 0 amide bonds. The zero-order valence-electron chi connectivity index (χ0n) is 10.7. The maximum absolute atomic E-state index is 9.55. The molecule has 0 saturated heterocycles. The third-order valence-corrected chi connectivity index (χ3v) is 4.33. The highest BCUT2D eigenvalue weighted by Gasteiger charge is 2.09. The van der Waals surface area contributed by atoms with Crippen molar-refractivity contribution in [1.82, 2.24) is 0 Å². The maximum atomic E-state index is 9.55. The summed E-state index contributed by atoms with van der Waals surface area (Å²) in [6.45, 7) is 2.22. The van der Waals surface area contributed by atoms with Crippen LogP contribution in [0.4, 0.5) is 0 Å². The normalized spacial score (nSPS) is 12.2. The molecule has 1 aromatic heterocycles. The Bertz CT molecular complexity index is 551. The largest absolute Gasteiger partial charge is 0.493 e. The Morgan fingerprint density at radius 1 is 1.32 bits per heavy atom. The third-order valence-electron chi connectivity index (χ3n) is 2.66. The highest BCUT2D eigenvalue weighted by Crippen LogP contribution is 2.31. The van der Waals surface area contributed by atoms with Gasteiger partial charge in [-0.15, -0.1) is 11.3 Å². The van der Waals surface area contributed by atoms with Crippen LogP contribution in [0.1, 0.15) is 23.5 Å². The molecular formula is C14H15BrO3S. The van der Waals surface area contributed by atoms with E-state index in [1.807, 2.05) is 23.6 Å². The van der Waals surface area contributed by atoms with E-state index in [9.17, 15) is 5.11 Å². The highest BCUT2D eigenvalue weighted by molar-refractivity contribution is 9.10. The minimum absolute atomic E-state index is 0.501. The lowest BCUT2D eigenvalue weighted by Crippen LogP contribution is -1.98. The van der Waals surface area contributed by atoms with Crippen LogP contribution in [0.15, 0.2) is 34.1 Å². The minimum Gasteiger partial charge on any atom is -0.493 e. The van der Waals surface area contributed by atoms with E-state index in [4.69, 9.17) is 9.47 Å². The molecule has 1 atom stereocenters. The molecule has 0 saturated carbocycles. The second kappa shape index (κ2) is 6.41. The van der Waals surface area contributed by atoms with Crippen molar-refractivity contribution in [2.75, 3.05) is 7.11 Å². The summed E-state index contributed by atoms with van der Waals surface area (Å²) in [5.41, 5.74) is 0.808. The first kappa shape index (κ1) is 14.4. The van der Waals surface area contributed by atoms with Crippen molar-refractivity contribution < 1.29 is 14.6 Å². The fraction of sp³-hybridized carbons (Fsp3) is 0.286. The van der Waals surface area contributed by atoms with Crippen molar-refractivity contribution >= 4 is 27.3 Å². The van der Waals surface area contributed by atoms with Gasteiger partial charge in [-0.1, -0.05) is 6.07 Å². The number of rotatable bonds is 5. The number of aliphatic hydroxyl groups excluding tert-OH is 1. The van der Waals surface area contributed by atoms with Gasteiger partial charge >= 0.3 is 0 Å². The zero-order valence-corrected chi connectivity index (χ0v) is 13.1. The molecule has 0 aliphatic heterocycles. The Hall–Kier alpha value is -1.04. The van der Waals surface area contributed by atoms with Crippen LogP contribution in [0.5, 0.6) is 11.5 Å². The Balaban J connectivity index is 2.11. The van der Waals surface area contributed by atoms with E-state index >= 15 is 0 Å². The van der Waals surface area contributed by atoms with Crippen LogP contribution in [0.3, 0.4) is 0 Å². The van der Waals surface area contributed by atoms with Crippen molar-refractivity contribution in [1.29, 1.82) is 0 Å². The summed E-state index contributed by atoms with van der Waals surface area (Å²) in [4.78, 5) is 1.13. The maximum Gasteiger partial charge on any atom is 0.161 e. The number of hydrogen-bond acceptors (Lipinski definition) is 4. The van der Waals surface area contributed by atoms with E-state index < -0.39 is 6.10 Å². The van der Waals surface area contributed by atoms with Gasteiger partial charge in [0, 0.05) is 14.7 Å². The molecule has 2 aromatic rings. The van der Waals surface area contributed by atoms with Crippen LogP contribution >= 0.6 is 27.3 Å². The van der Waals surface area contributed by atoms with Crippen LogP contribution in [0.25, 0.3) is 0 Å². The number of thiophene rings is 1. The Labute approximate surface area is 124 Å². The van der Waals surface area contributed by atoms with Gasteiger partial charge in [-0.25, -0.2) is 0 Å². The molecule has 5 heteroatoms. The topological polar surface area (TPSA) is 38.7 Å². The minimum atomic E-state index is -0.517. The van der Waals surface area contributed by atoms with Gasteiger partial charge in [0.15, 0.2) is 11.5 Å². The van der Waals surface area contributed by atoms with E-state index in [1.165, 1.54) is 0 Å². The molecule has 1 aromatic carbocycles. The lowest BCUT2D eigenvalue weighted by atomic mass is 10.1. The first-order valence-corrected chi connectivity index (χ1v) is 7.49. The third kappa shape index (κ3) is 3.72. The van der Waals surface area contributed by atoms with Gasteiger partial charge in [0.1, 0.15) is 6.61 Å². The summed E-state index contributed by atoms with van der Waals surface area (Å²) in [5.74, 6) is 1.31. The lowest BCUT2D eigenvalue weighted by molar-refractivity contribution is 0.198. The standard InChI is InChI=1S/C14H15BrO3S/c1-9(16)10-3-4-13(14(5-10)17-2)18-7-12-6-11(15)8-19-12/h3-6,8-9,16H,7H2,1-2H3/t9-/m1/s1. The van der Waals surface area contributed by atoms with Crippen LogP contribution in [0.2, 0.25) is 0 Å². The summed E-state index contributed by atoms with van der Waals surface area (Å²) in [5, 5.41) is 11.6. The van der Waals surface area contributed by atoms with Gasteiger partial charge < -0.3 is 14.6 Å².